The predicted molar refractivity (Wildman–Crippen MR) is 90.1 cm³/mol. The van der Waals surface area contributed by atoms with Crippen LogP contribution in [-0.4, -0.2) is 48.4 Å². The fraction of sp³-hybridized carbons (Fsp3) is 0.875. The zero-order chi connectivity index (χ0) is 15.2. The molecule has 2 N–H and O–H groups in total. The van der Waals surface area contributed by atoms with Crippen LogP contribution in [0, 0.1) is 5.92 Å². The van der Waals surface area contributed by atoms with E-state index in [0.717, 1.165) is 45.3 Å². The third-order valence-corrected chi connectivity index (χ3v) is 4.67. The van der Waals surface area contributed by atoms with E-state index >= 15 is 0 Å². The quantitative estimate of drug-likeness (QED) is 0.824. The van der Waals surface area contributed by atoms with Crippen molar-refractivity contribution in [1.29, 1.82) is 0 Å². The molecule has 1 saturated heterocycles. The van der Waals surface area contributed by atoms with Crippen molar-refractivity contribution in [2.75, 3.05) is 19.6 Å². The Bertz CT molecular complexity index is 372. The summed E-state index contributed by atoms with van der Waals surface area (Å²) in [7, 11) is 0. The lowest BCUT2D eigenvalue weighted by atomic mass is 9.88. The highest BCUT2D eigenvalue weighted by atomic mass is 35.5. The number of hydrogen-bond acceptors (Lipinski definition) is 3. The first-order valence-electron chi connectivity index (χ1n) is 8.38. The van der Waals surface area contributed by atoms with E-state index in [4.69, 9.17) is 0 Å². The number of nitrogens with zero attached hydrogens (tertiary/aromatic N) is 1. The SMILES string of the molecule is CC(CC(=O)N1CCNCC1C)NC(=O)C1CCCCC1.Cl. The average molecular weight is 332 g/mol. The van der Waals surface area contributed by atoms with Crippen molar-refractivity contribution in [2.45, 2.75) is 64.5 Å². The summed E-state index contributed by atoms with van der Waals surface area (Å²) >= 11 is 0. The van der Waals surface area contributed by atoms with Crippen LogP contribution in [0.25, 0.3) is 0 Å². The molecule has 128 valence electrons. The molecular formula is C16H30ClN3O2. The highest BCUT2D eigenvalue weighted by molar-refractivity contribution is 5.85. The van der Waals surface area contributed by atoms with Crippen LogP contribution in [0.3, 0.4) is 0 Å². The van der Waals surface area contributed by atoms with Gasteiger partial charge in [-0.3, -0.25) is 9.59 Å². The second kappa shape index (κ2) is 9.36. The number of rotatable bonds is 4. The van der Waals surface area contributed by atoms with E-state index in [1.807, 2.05) is 11.8 Å². The molecule has 1 aliphatic carbocycles. The Kier molecular flexibility index (Phi) is 8.18. The van der Waals surface area contributed by atoms with Crippen molar-refractivity contribution in [3.05, 3.63) is 0 Å². The van der Waals surface area contributed by atoms with E-state index < -0.39 is 0 Å². The smallest absolute Gasteiger partial charge is 0.224 e. The van der Waals surface area contributed by atoms with Crippen LogP contribution < -0.4 is 10.6 Å². The molecular weight excluding hydrogens is 302 g/mol. The summed E-state index contributed by atoms with van der Waals surface area (Å²) in [5.41, 5.74) is 0. The molecule has 2 rings (SSSR count). The van der Waals surface area contributed by atoms with Crippen LogP contribution in [0.4, 0.5) is 0 Å². The average Bonchev–Trinajstić information content (AvgIpc) is 2.48. The Balaban J connectivity index is 0.00000242. The summed E-state index contributed by atoms with van der Waals surface area (Å²) in [5, 5.41) is 6.32. The molecule has 0 bridgehead atoms. The van der Waals surface area contributed by atoms with Gasteiger partial charge in [-0.05, 0) is 26.7 Å². The molecule has 2 amide bonds. The molecule has 2 unspecified atom stereocenters. The van der Waals surface area contributed by atoms with Gasteiger partial charge in [0.2, 0.25) is 11.8 Å². The molecule has 1 saturated carbocycles. The van der Waals surface area contributed by atoms with Gasteiger partial charge in [0, 0.05) is 44.1 Å². The van der Waals surface area contributed by atoms with Crippen LogP contribution >= 0.6 is 12.4 Å². The second-order valence-corrected chi connectivity index (χ2v) is 6.59. The normalized spacial score (nSPS) is 24.3. The Morgan fingerprint density at radius 2 is 1.95 bits per heavy atom. The molecule has 0 aromatic carbocycles. The number of amides is 2. The molecule has 0 aromatic heterocycles. The number of piperazine rings is 1. The van der Waals surface area contributed by atoms with Crippen LogP contribution in [-0.2, 0) is 9.59 Å². The standard InChI is InChI=1S/C16H29N3O2.ClH/c1-12(18-16(21)14-6-4-3-5-7-14)10-15(20)19-9-8-17-11-13(19)2;/h12-14,17H,3-11H2,1-2H3,(H,18,21);1H. The molecule has 6 heteroatoms. The topological polar surface area (TPSA) is 61.4 Å². The first-order chi connectivity index (χ1) is 10.1. The van der Waals surface area contributed by atoms with E-state index in [9.17, 15) is 9.59 Å². The molecule has 2 aliphatic rings. The summed E-state index contributed by atoms with van der Waals surface area (Å²) in [5.74, 6) is 0.457. The maximum Gasteiger partial charge on any atom is 0.224 e. The van der Waals surface area contributed by atoms with Gasteiger partial charge >= 0.3 is 0 Å². The minimum absolute atomic E-state index is 0. The third kappa shape index (κ3) is 5.43. The van der Waals surface area contributed by atoms with E-state index in [1.165, 1.54) is 6.42 Å². The molecule has 2 fully saturated rings. The number of carbonyl (C=O) groups excluding carboxylic acids is 2. The van der Waals surface area contributed by atoms with Gasteiger partial charge in [0.05, 0.1) is 0 Å². The molecule has 2 atom stereocenters. The maximum absolute atomic E-state index is 12.3. The summed E-state index contributed by atoms with van der Waals surface area (Å²) < 4.78 is 0. The minimum atomic E-state index is -0.0750. The second-order valence-electron chi connectivity index (χ2n) is 6.59. The third-order valence-electron chi connectivity index (χ3n) is 4.67. The van der Waals surface area contributed by atoms with Crippen LogP contribution in [0.15, 0.2) is 0 Å². The predicted octanol–water partition coefficient (Wildman–Crippen LogP) is 1.70. The summed E-state index contributed by atoms with van der Waals surface area (Å²) in [6.07, 6.45) is 5.97. The molecule has 0 spiro atoms. The largest absolute Gasteiger partial charge is 0.353 e. The van der Waals surface area contributed by atoms with Crippen LogP contribution in [0.5, 0.6) is 0 Å². The van der Waals surface area contributed by atoms with Gasteiger partial charge in [-0.1, -0.05) is 19.3 Å². The molecule has 0 radical (unpaired) electrons. The lowest BCUT2D eigenvalue weighted by molar-refractivity contribution is -0.134. The van der Waals surface area contributed by atoms with E-state index in [0.29, 0.717) is 6.42 Å². The van der Waals surface area contributed by atoms with Gasteiger partial charge in [0.1, 0.15) is 0 Å². The maximum atomic E-state index is 12.3. The Labute approximate surface area is 140 Å². The van der Waals surface area contributed by atoms with Crippen molar-refractivity contribution in [3.63, 3.8) is 0 Å². The van der Waals surface area contributed by atoms with Crippen LogP contribution in [0.1, 0.15) is 52.4 Å². The molecule has 1 heterocycles. The molecule has 0 aromatic rings. The molecule has 22 heavy (non-hydrogen) atoms. The van der Waals surface area contributed by atoms with Gasteiger partial charge in [0.15, 0.2) is 0 Å². The fourth-order valence-electron chi connectivity index (χ4n) is 3.37. The zero-order valence-electron chi connectivity index (χ0n) is 13.8. The first kappa shape index (κ1) is 19.2. The van der Waals surface area contributed by atoms with Crippen molar-refractivity contribution in [2.24, 2.45) is 5.92 Å². The van der Waals surface area contributed by atoms with Crippen molar-refractivity contribution >= 4 is 24.2 Å². The lowest BCUT2D eigenvalue weighted by Crippen LogP contribution is -2.53. The van der Waals surface area contributed by atoms with Crippen molar-refractivity contribution < 1.29 is 9.59 Å². The van der Waals surface area contributed by atoms with Gasteiger partial charge in [-0.25, -0.2) is 0 Å². The monoisotopic (exact) mass is 331 g/mol. The van der Waals surface area contributed by atoms with Crippen LogP contribution in [0.2, 0.25) is 0 Å². The number of carbonyl (C=O) groups is 2. The highest BCUT2D eigenvalue weighted by Gasteiger charge is 2.26. The Hall–Kier alpha value is -0.810. The van der Waals surface area contributed by atoms with Gasteiger partial charge < -0.3 is 15.5 Å². The van der Waals surface area contributed by atoms with Gasteiger partial charge in [0.25, 0.3) is 0 Å². The highest BCUT2D eigenvalue weighted by Crippen LogP contribution is 2.23. The molecule has 5 nitrogen and oxygen atoms in total. The van der Waals surface area contributed by atoms with E-state index in [-0.39, 0.29) is 42.2 Å². The fourth-order valence-corrected chi connectivity index (χ4v) is 3.37. The lowest BCUT2D eigenvalue weighted by Gasteiger charge is -2.34. The minimum Gasteiger partial charge on any atom is -0.353 e. The Morgan fingerprint density at radius 3 is 2.59 bits per heavy atom. The van der Waals surface area contributed by atoms with Gasteiger partial charge in [-0.15, -0.1) is 12.4 Å². The summed E-state index contributed by atoms with van der Waals surface area (Å²) in [4.78, 5) is 26.4. The Morgan fingerprint density at radius 1 is 1.27 bits per heavy atom. The van der Waals surface area contributed by atoms with E-state index in [1.54, 1.807) is 0 Å². The number of nitrogens with one attached hydrogen (secondary N) is 2. The van der Waals surface area contributed by atoms with E-state index in [2.05, 4.69) is 17.6 Å². The molecule has 1 aliphatic heterocycles. The van der Waals surface area contributed by atoms with Crippen molar-refractivity contribution in [3.8, 4) is 0 Å². The van der Waals surface area contributed by atoms with Crippen molar-refractivity contribution in [1.82, 2.24) is 15.5 Å². The zero-order valence-corrected chi connectivity index (χ0v) is 14.6. The number of halogens is 1. The summed E-state index contributed by atoms with van der Waals surface area (Å²) in [6.45, 7) is 6.48. The number of hydrogen-bond donors (Lipinski definition) is 2. The first-order valence-corrected chi connectivity index (χ1v) is 8.38. The van der Waals surface area contributed by atoms with Gasteiger partial charge in [-0.2, -0.15) is 0 Å². The summed E-state index contributed by atoms with van der Waals surface area (Å²) in [6, 6.07) is 0.168.